The van der Waals surface area contributed by atoms with Crippen LogP contribution < -0.4 is 25.1 Å². The Morgan fingerprint density at radius 3 is 2.46 bits per heavy atom. The number of benzene rings is 2. The summed E-state index contributed by atoms with van der Waals surface area (Å²) in [7, 11) is 3.08. The minimum Gasteiger partial charge on any atom is -0.497 e. The normalized spacial score (nSPS) is 10.4. The van der Waals surface area contributed by atoms with Crippen LogP contribution in [0.4, 0.5) is 0 Å². The molecule has 2 N–H and O–H groups in total. The topological polar surface area (TPSA) is 85.9 Å². The molecular weight excluding hydrogens is 384 g/mol. The van der Waals surface area contributed by atoms with Gasteiger partial charge in [-0.25, -0.2) is 0 Å². The van der Waals surface area contributed by atoms with Crippen LogP contribution in [0.25, 0.3) is 6.08 Å². The molecule has 0 saturated carbocycles. The van der Waals surface area contributed by atoms with Crippen molar-refractivity contribution >= 4 is 29.5 Å². The van der Waals surface area contributed by atoms with Gasteiger partial charge in [-0.15, -0.1) is 0 Å². The van der Waals surface area contributed by atoms with Crippen molar-refractivity contribution < 1.29 is 23.8 Å². The molecule has 0 aliphatic rings. The Morgan fingerprint density at radius 1 is 1.04 bits per heavy atom. The zero-order valence-electron chi connectivity index (χ0n) is 15.7. The maximum atomic E-state index is 11.9. The van der Waals surface area contributed by atoms with Crippen molar-refractivity contribution in [3.63, 3.8) is 0 Å². The maximum absolute atomic E-state index is 11.9. The summed E-state index contributed by atoms with van der Waals surface area (Å²) in [6.07, 6.45) is 2.82. The van der Waals surface area contributed by atoms with Crippen molar-refractivity contribution in [2.75, 3.05) is 20.8 Å². The molecule has 0 heterocycles. The Bertz CT molecular complexity index is 883. The van der Waals surface area contributed by atoms with Gasteiger partial charge in [-0.3, -0.25) is 20.4 Å². The highest BCUT2D eigenvalue weighted by molar-refractivity contribution is 6.31. The summed E-state index contributed by atoms with van der Waals surface area (Å²) in [4.78, 5) is 23.7. The second-order valence-electron chi connectivity index (χ2n) is 5.68. The molecule has 0 spiro atoms. The van der Waals surface area contributed by atoms with Crippen LogP contribution in [0, 0.1) is 6.92 Å². The molecule has 0 aromatic heterocycles. The van der Waals surface area contributed by atoms with Gasteiger partial charge in [0.05, 0.1) is 14.2 Å². The van der Waals surface area contributed by atoms with Gasteiger partial charge in [0.1, 0.15) is 17.2 Å². The van der Waals surface area contributed by atoms with E-state index in [1.54, 1.807) is 49.6 Å². The molecule has 0 aliphatic heterocycles. The molecule has 2 aromatic rings. The third-order valence-electron chi connectivity index (χ3n) is 3.68. The molecule has 0 unspecified atom stereocenters. The van der Waals surface area contributed by atoms with Crippen molar-refractivity contribution in [3.8, 4) is 17.2 Å². The zero-order valence-corrected chi connectivity index (χ0v) is 16.5. The van der Waals surface area contributed by atoms with Crippen molar-refractivity contribution in [2.45, 2.75) is 6.92 Å². The number of hydrazine groups is 1. The first kappa shape index (κ1) is 21.1. The number of hydrogen-bond donors (Lipinski definition) is 2. The van der Waals surface area contributed by atoms with Crippen LogP contribution in [0.5, 0.6) is 17.2 Å². The molecule has 0 aliphatic carbocycles. The number of ether oxygens (including phenoxy) is 3. The number of carbonyl (C=O) groups excluding carboxylic acids is 2. The van der Waals surface area contributed by atoms with Crippen molar-refractivity contribution in [1.29, 1.82) is 0 Å². The smallest absolute Gasteiger partial charge is 0.276 e. The largest absolute Gasteiger partial charge is 0.497 e. The molecule has 0 saturated heterocycles. The molecule has 0 fully saturated rings. The van der Waals surface area contributed by atoms with Crippen LogP contribution in [-0.4, -0.2) is 32.6 Å². The minimum absolute atomic E-state index is 0.255. The van der Waals surface area contributed by atoms with Crippen LogP contribution in [0.15, 0.2) is 42.5 Å². The van der Waals surface area contributed by atoms with Crippen LogP contribution in [0.1, 0.15) is 11.1 Å². The van der Waals surface area contributed by atoms with E-state index in [9.17, 15) is 9.59 Å². The van der Waals surface area contributed by atoms with E-state index in [1.165, 1.54) is 13.2 Å². The third-order valence-corrected chi connectivity index (χ3v) is 4.10. The number of halogens is 1. The Labute approximate surface area is 168 Å². The summed E-state index contributed by atoms with van der Waals surface area (Å²) in [5, 5.41) is 0.614. The summed E-state index contributed by atoms with van der Waals surface area (Å²) in [6.45, 7) is 1.58. The standard InChI is InChI=1S/C20H21ClN2O5/c1-13-10-16(5-7-17(13)21)28-12-20(25)23-22-19(24)9-4-14-11-15(26-2)6-8-18(14)27-3/h4-11H,12H2,1-3H3,(H,22,24)(H,23,25)/b9-4+. The van der Waals surface area contributed by atoms with E-state index >= 15 is 0 Å². The van der Waals surface area contributed by atoms with Crippen LogP contribution >= 0.6 is 11.6 Å². The van der Waals surface area contributed by atoms with Crippen LogP contribution in [0.3, 0.4) is 0 Å². The number of amides is 2. The van der Waals surface area contributed by atoms with Crippen molar-refractivity contribution in [2.24, 2.45) is 0 Å². The van der Waals surface area contributed by atoms with E-state index < -0.39 is 11.8 Å². The molecule has 0 bridgehead atoms. The van der Waals surface area contributed by atoms with E-state index in [-0.39, 0.29) is 6.61 Å². The zero-order chi connectivity index (χ0) is 20.5. The Kier molecular flexibility index (Phi) is 7.71. The summed E-state index contributed by atoms with van der Waals surface area (Å²) < 4.78 is 15.7. The number of rotatable bonds is 7. The lowest BCUT2D eigenvalue weighted by Gasteiger charge is -2.09. The lowest BCUT2D eigenvalue weighted by Crippen LogP contribution is -2.43. The van der Waals surface area contributed by atoms with Gasteiger partial charge >= 0.3 is 0 Å². The molecule has 28 heavy (non-hydrogen) atoms. The molecule has 0 radical (unpaired) electrons. The van der Waals surface area contributed by atoms with Gasteiger partial charge in [0.15, 0.2) is 6.61 Å². The summed E-state index contributed by atoms with van der Waals surface area (Å²) in [6, 6.07) is 10.3. The van der Waals surface area contributed by atoms with E-state index in [4.69, 9.17) is 25.8 Å². The SMILES string of the molecule is COc1ccc(OC)c(/C=C/C(=O)NNC(=O)COc2ccc(Cl)c(C)c2)c1. The predicted molar refractivity (Wildman–Crippen MR) is 107 cm³/mol. The minimum atomic E-state index is -0.513. The lowest BCUT2D eigenvalue weighted by atomic mass is 10.1. The first-order valence-corrected chi connectivity index (χ1v) is 8.68. The second-order valence-corrected chi connectivity index (χ2v) is 6.09. The number of nitrogens with one attached hydrogen (secondary N) is 2. The van der Waals surface area contributed by atoms with E-state index in [1.807, 2.05) is 6.92 Å². The fourth-order valence-electron chi connectivity index (χ4n) is 2.20. The molecular formula is C20H21ClN2O5. The quantitative estimate of drug-likeness (QED) is 0.547. The molecule has 2 amide bonds. The average molecular weight is 405 g/mol. The first-order chi connectivity index (χ1) is 13.4. The second kappa shape index (κ2) is 10.2. The average Bonchev–Trinajstić information content (AvgIpc) is 2.71. The van der Waals surface area contributed by atoms with Gasteiger partial charge in [-0.05, 0) is 55.0 Å². The van der Waals surface area contributed by atoms with E-state index in [0.717, 1.165) is 5.56 Å². The number of hydrogen-bond acceptors (Lipinski definition) is 5. The predicted octanol–water partition coefficient (Wildman–Crippen LogP) is 2.91. The van der Waals surface area contributed by atoms with Crippen molar-refractivity contribution in [3.05, 3.63) is 58.6 Å². The summed E-state index contributed by atoms with van der Waals surface area (Å²) >= 11 is 5.93. The molecule has 2 aromatic carbocycles. The lowest BCUT2D eigenvalue weighted by molar-refractivity contribution is -0.128. The fraction of sp³-hybridized carbons (Fsp3) is 0.200. The Balaban J connectivity index is 1.83. The molecule has 0 atom stereocenters. The molecule has 2 rings (SSSR count). The fourth-order valence-corrected chi connectivity index (χ4v) is 2.32. The van der Waals surface area contributed by atoms with Gasteiger partial charge in [0.2, 0.25) is 0 Å². The highest BCUT2D eigenvalue weighted by atomic mass is 35.5. The summed E-state index contributed by atoms with van der Waals surface area (Å²) in [5.41, 5.74) is 6.04. The number of carbonyl (C=O) groups is 2. The highest BCUT2D eigenvalue weighted by Crippen LogP contribution is 2.25. The third kappa shape index (κ3) is 6.21. The molecule has 148 valence electrons. The van der Waals surface area contributed by atoms with Crippen LogP contribution in [-0.2, 0) is 9.59 Å². The monoisotopic (exact) mass is 404 g/mol. The van der Waals surface area contributed by atoms with Crippen molar-refractivity contribution in [1.82, 2.24) is 10.9 Å². The van der Waals surface area contributed by atoms with E-state index in [0.29, 0.717) is 27.8 Å². The number of methoxy groups -OCH3 is 2. The Hall–Kier alpha value is -3.19. The van der Waals surface area contributed by atoms with Gasteiger partial charge in [0, 0.05) is 16.7 Å². The molecule has 7 nitrogen and oxygen atoms in total. The highest BCUT2D eigenvalue weighted by Gasteiger charge is 2.06. The van der Waals surface area contributed by atoms with Gasteiger partial charge in [0.25, 0.3) is 11.8 Å². The van der Waals surface area contributed by atoms with Gasteiger partial charge < -0.3 is 14.2 Å². The first-order valence-electron chi connectivity index (χ1n) is 8.31. The summed E-state index contributed by atoms with van der Waals surface area (Å²) in [5.74, 6) is 0.701. The maximum Gasteiger partial charge on any atom is 0.276 e. The van der Waals surface area contributed by atoms with Gasteiger partial charge in [-0.1, -0.05) is 11.6 Å². The van der Waals surface area contributed by atoms with Crippen LogP contribution in [0.2, 0.25) is 5.02 Å². The Morgan fingerprint density at radius 2 is 1.79 bits per heavy atom. The van der Waals surface area contributed by atoms with E-state index in [2.05, 4.69) is 10.9 Å². The van der Waals surface area contributed by atoms with Gasteiger partial charge in [-0.2, -0.15) is 0 Å². The molecule has 8 heteroatoms. The number of aryl methyl sites for hydroxylation is 1.